The fourth-order valence-corrected chi connectivity index (χ4v) is 3.14. The van der Waals surface area contributed by atoms with Gasteiger partial charge in [-0.2, -0.15) is 0 Å². The molecule has 1 heterocycles. The topological polar surface area (TPSA) is 32.5 Å². The van der Waals surface area contributed by atoms with Gasteiger partial charge in [-0.05, 0) is 46.1 Å². The first-order chi connectivity index (χ1) is 8.58. The second-order valence-corrected chi connectivity index (χ2v) is 6.36. The van der Waals surface area contributed by atoms with Crippen molar-refractivity contribution >= 4 is 11.3 Å². The highest BCUT2D eigenvalue weighted by Crippen LogP contribution is 2.26. The second-order valence-electron chi connectivity index (χ2n) is 5.04. The van der Waals surface area contributed by atoms with Crippen LogP contribution in [0, 0.1) is 6.92 Å². The van der Waals surface area contributed by atoms with E-state index in [4.69, 9.17) is 5.73 Å². The van der Waals surface area contributed by atoms with Gasteiger partial charge in [-0.1, -0.05) is 6.92 Å². The average molecular weight is 269 g/mol. The molecule has 0 aliphatic rings. The predicted octanol–water partition coefficient (Wildman–Crippen LogP) is 2.33. The number of nitrogens with zero attached hydrogens (tertiary/aromatic N) is 2. The Labute approximate surface area is 116 Å². The lowest BCUT2D eigenvalue weighted by Crippen LogP contribution is -2.38. The van der Waals surface area contributed by atoms with Crippen LogP contribution >= 0.6 is 11.3 Å². The van der Waals surface area contributed by atoms with Crippen LogP contribution in [0.15, 0.2) is 12.1 Å². The summed E-state index contributed by atoms with van der Waals surface area (Å²) in [5, 5.41) is 0. The first-order valence-corrected chi connectivity index (χ1v) is 7.55. The molecule has 0 radical (unpaired) electrons. The Morgan fingerprint density at radius 1 is 1.22 bits per heavy atom. The zero-order valence-electron chi connectivity index (χ0n) is 12.1. The van der Waals surface area contributed by atoms with Gasteiger partial charge in [-0.3, -0.25) is 4.90 Å². The average Bonchev–Trinajstić information content (AvgIpc) is 2.73. The summed E-state index contributed by atoms with van der Waals surface area (Å²) in [5.41, 5.74) is 6.00. The van der Waals surface area contributed by atoms with Gasteiger partial charge in [0, 0.05) is 29.4 Å². The van der Waals surface area contributed by atoms with Gasteiger partial charge >= 0.3 is 0 Å². The van der Waals surface area contributed by atoms with Crippen molar-refractivity contribution in [1.82, 2.24) is 9.80 Å². The molecule has 0 spiro atoms. The third-order valence-electron chi connectivity index (χ3n) is 3.10. The molecule has 0 bridgehead atoms. The van der Waals surface area contributed by atoms with Crippen molar-refractivity contribution in [3.8, 4) is 0 Å². The molecule has 0 fully saturated rings. The lowest BCUT2D eigenvalue weighted by molar-refractivity contribution is 0.185. The predicted molar refractivity (Wildman–Crippen MR) is 81.3 cm³/mol. The van der Waals surface area contributed by atoms with E-state index in [1.165, 1.54) is 16.2 Å². The lowest BCUT2D eigenvalue weighted by Gasteiger charge is -2.31. The minimum absolute atomic E-state index is 0.378. The maximum absolute atomic E-state index is 6.00. The number of thiophene rings is 1. The summed E-state index contributed by atoms with van der Waals surface area (Å²) in [5.74, 6) is 0. The smallest absolute Gasteiger partial charge is 0.0564 e. The summed E-state index contributed by atoms with van der Waals surface area (Å²) in [4.78, 5) is 7.52. The van der Waals surface area contributed by atoms with Gasteiger partial charge in [-0.15, -0.1) is 11.3 Å². The van der Waals surface area contributed by atoms with E-state index in [-0.39, 0.29) is 0 Å². The number of aryl methyl sites for hydroxylation is 1. The highest BCUT2D eigenvalue weighted by molar-refractivity contribution is 7.12. The number of rotatable bonds is 8. The monoisotopic (exact) mass is 269 g/mol. The fourth-order valence-electron chi connectivity index (χ4n) is 2.12. The fraction of sp³-hybridized carbons (Fsp3) is 0.714. The normalized spacial score (nSPS) is 13.5. The van der Waals surface area contributed by atoms with Crippen molar-refractivity contribution in [3.63, 3.8) is 0 Å². The minimum atomic E-state index is 0.378. The standard InChI is InChI=1S/C14H27N3S/c1-5-8-17(10-9-16(3)4)13(11-15)14-7-6-12(2)18-14/h6-7,13H,5,8-11,15H2,1-4H3. The van der Waals surface area contributed by atoms with Crippen LogP contribution in [-0.4, -0.2) is 50.1 Å². The van der Waals surface area contributed by atoms with Crippen LogP contribution in [0.5, 0.6) is 0 Å². The Morgan fingerprint density at radius 3 is 2.39 bits per heavy atom. The molecular weight excluding hydrogens is 242 g/mol. The molecule has 0 saturated carbocycles. The number of likely N-dealkylation sites (N-methyl/N-ethyl adjacent to an activating group) is 1. The largest absolute Gasteiger partial charge is 0.329 e. The SMILES string of the molecule is CCCN(CCN(C)C)C(CN)c1ccc(C)s1. The molecule has 4 heteroatoms. The van der Waals surface area contributed by atoms with Crippen LogP contribution in [0.1, 0.15) is 29.1 Å². The van der Waals surface area contributed by atoms with E-state index in [1.54, 1.807) is 0 Å². The van der Waals surface area contributed by atoms with Gasteiger partial charge in [0.15, 0.2) is 0 Å². The first-order valence-electron chi connectivity index (χ1n) is 6.73. The van der Waals surface area contributed by atoms with Gasteiger partial charge in [0.1, 0.15) is 0 Å². The highest BCUT2D eigenvalue weighted by Gasteiger charge is 2.19. The van der Waals surface area contributed by atoms with Crippen molar-refractivity contribution in [2.75, 3.05) is 40.3 Å². The van der Waals surface area contributed by atoms with E-state index in [2.05, 4.69) is 49.9 Å². The van der Waals surface area contributed by atoms with Crippen molar-refractivity contribution in [3.05, 3.63) is 21.9 Å². The second kappa shape index (κ2) is 7.89. The summed E-state index contributed by atoms with van der Waals surface area (Å²) >= 11 is 1.87. The lowest BCUT2D eigenvalue weighted by atomic mass is 10.2. The van der Waals surface area contributed by atoms with Crippen LogP contribution < -0.4 is 5.73 Å². The van der Waals surface area contributed by atoms with E-state index in [0.717, 1.165) is 19.6 Å². The Bertz CT molecular complexity index is 336. The molecule has 0 amide bonds. The molecule has 0 aliphatic heterocycles. The quantitative estimate of drug-likeness (QED) is 0.786. The molecule has 2 N–H and O–H groups in total. The molecule has 0 aliphatic carbocycles. The summed E-state index contributed by atoms with van der Waals surface area (Å²) in [6, 6.07) is 4.80. The molecule has 3 nitrogen and oxygen atoms in total. The van der Waals surface area contributed by atoms with Crippen LogP contribution in [0.4, 0.5) is 0 Å². The van der Waals surface area contributed by atoms with E-state index in [0.29, 0.717) is 12.6 Å². The Balaban J connectivity index is 2.73. The zero-order valence-corrected chi connectivity index (χ0v) is 13.0. The van der Waals surface area contributed by atoms with E-state index < -0.39 is 0 Å². The van der Waals surface area contributed by atoms with Gasteiger partial charge in [0.25, 0.3) is 0 Å². The minimum Gasteiger partial charge on any atom is -0.329 e. The van der Waals surface area contributed by atoms with Gasteiger partial charge < -0.3 is 10.6 Å². The van der Waals surface area contributed by atoms with Crippen LogP contribution in [0.2, 0.25) is 0 Å². The van der Waals surface area contributed by atoms with Crippen LogP contribution in [0.3, 0.4) is 0 Å². The third-order valence-corrected chi connectivity index (χ3v) is 4.20. The molecule has 0 saturated heterocycles. The Hall–Kier alpha value is -0.420. The van der Waals surface area contributed by atoms with Crippen molar-refractivity contribution in [2.45, 2.75) is 26.3 Å². The maximum Gasteiger partial charge on any atom is 0.0564 e. The maximum atomic E-state index is 6.00. The highest BCUT2D eigenvalue weighted by atomic mass is 32.1. The molecule has 18 heavy (non-hydrogen) atoms. The van der Waals surface area contributed by atoms with Gasteiger partial charge in [0.05, 0.1) is 6.04 Å². The molecule has 1 aromatic heterocycles. The number of nitrogens with two attached hydrogens (primary N) is 1. The van der Waals surface area contributed by atoms with Crippen molar-refractivity contribution in [1.29, 1.82) is 0 Å². The van der Waals surface area contributed by atoms with Crippen molar-refractivity contribution in [2.24, 2.45) is 5.73 Å². The molecular formula is C14H27N3S. The molecule has 1 atom stereocenters. The van der Waals surface area contributed by atoms with Crippen LogP contribution in [0.25, 0.3) is 0 Å². The Morgan fingerprint density at radius 2 is 1.94 bits per heavy atom. The molecule has 1 unspecified atom stereocenters. The Kier molecular flexibility index (Phi) is 6.86. The molecule has 104 valence electrons. The number of hydrogen-bond donors (Lipinski definition) is 1. The summed E-state index contributed by atoms with van der Waals surface area (Å²) < 4.78 is 0. The van der Waals surface area contributed by atoms with E-state index in [1.807, 2.05) is 11.3 Å². The number of hydrogen-bond acceptors (Lipinski definition) is 4. The summed E-state index contributed by atoms with van der Waals surface area (Å²) in [6.45, 7) is 8.38. The van der Waals surface area contributed by atoms with Crippen LogP contribution in [-0.2, 0) is 0 Å². The molecule has 0 aromatic carbocycles. The zero-order chi connectivity index (χ0) is 13.5. The molecule has 1 aromatic rings. The summed E-state index contributed by atoms with van der Waals surface area (Å²) in [6.07, 6.45) is 1.17. The van der Waals surface area contributed by atoms with Gasteiger partial charge in [-0.25, -0.2) is 0 Å². The molecule has 1 rings (SSSR count). The van der Waals surface area contributed by atoms with E-state index in [9.17, 15) is 0 Å². The van der Waals surface area contributed by atoms with Gasteiger partial charge in [0.2, 0.25) is 0 Å². The first kappa shape index (κ1) is 15.6. The van der Waals surface area contributed by atoms with Crippen molar-refractivity contribution < 1.29 is 0 Å². The van der Waals surface area contributed by atoms with E-state index >= 15 is 0 Å². The summed E-state index contributed by atoms with van der Waals surface area (Å²) in [7, 11) is 4.24. The third kappa shape index (κ3) is 4.69.